The first kappa shape index (κ1) is 15.2. The molecule has 0 aliphatic rings. The third-order valence-electron chi connectivity index (χ3n) is 3.43. The summed E-state index contributed by atoms with van der Waals surface area (Å²) in [6, 6.07) is 10.5. The van der Waals surface area contributed by atoms with Gasteiger partial charge in [0.15, 0.2) is 0 Å². The molecule has 0 atom stereocenters. The van der Waals surface area contributed by atoms with Crippen molar-refractivity contribution >= 4 is 0 Å². The summed E-state index contributed by atoms with van der Waals surface area (Å²) in [5, 5.41) is 0. The summed E-state index contributed by atoms with van der Waals surface area (Å²) < 4.78 is 6.02. The molecule has 0 saturated carbocycles. The Hall–Kier alpha value is -0.820. The van der Waals surface area contributed by atoms with Crippen LogP contribution in [-0.4, -0.2) is 6.61 Å². The fourth-order valence-electron chi connectivity index (χ4n) is 2.13. The molecule has 1 nitrogen and oxygen atoms in total. The average molecular weight is 248 g/mol. The molecule has 0 heterocycles. The van der Waals surface area contributed by atoms with E-state index in [1.807, 2.05) is 6.07 Å². The summed E-state index contributed by atoms with van der Waals surface area (Å²) in [6.07, 6.45) is 7.89. The van der Waals surface area contributed by atoms with Gasteiger partial charge in [-0.05, 0) is 25.8 Å². The van der Waals surface area contributed by atoms with Crippen molar-refractivity contribution in [3.05, 3.63) is 35.9 Å². The number of hydrogen-bond donors (Lipinski definition) is 0. The Labute approximate surface area is 113 Å². The molecule has 102 valence electrons. The van der Waals surface area contributed by atoms with E-state index in [0.717, 1.165) is 6.61 Å². The molecule has 0 aliphatic carbocycles. The maximum Gasteiger partial charge on any atom is 0.0875 e. The molecule has 0 radical (unpaired) electrons. The van der Waals surface area contributed by atoms with Gasteiger partial charge in [-0.1, -0.05) is 69.4 Å². The van der Waals surface area contributed by atoms with Crippen molar-refractivity contribution in [1.29, 1.82) is 0 Å². The zero-order valence-corrected chi connectivity index (χ0v) is 12.2. The lowest BCUT2D eigenvalue weighted by atomic mass is 9.98. The normalized spacial score (nSPS) is 11.7. The van der Waals surface area contributed by atoms with Crippen molar-refractivity contribution in [3.8, 4) is 0 Å². The highest BCUT2D eigenvalue weighted by atomic mass is 16.5. The molecule has 0 N–H and O–H groups in total. The van der Waals surface area contributed by atoms with Gasteiger partial charge in [0.2, 0.25) is 0 Å². The first-order valence-corrected chi connectivity index (χ1v) is 7.36. The lowest BCUT2D eigenvalue weighted by Gasteiger charge is -2.26. The van der Waals surface area contributed by atoms with E-state index in [2.05, 4.69) is 45.0 Å². The van der Waals surface area contributed by atoms with Gasteiger partial charge in [-0.3, -0.25) is 0 Å². The van der Waals surface area contributed by atoms with Crippen LogP contribution in [0.4, 0.5) is 0 Å². The van der Waals surface area contributed by atoms with Gasteiger partial charge in [-0.2, -0.15) is 0 Å². The Bertz CT molecular complexity index is 303. The lowest BCUT2D eigenvalue weighted by molar-refractivity contribution is -0.0234. The number of hydrogen-bond acceptors (Lipinski definition) is 1. The van der Waals surface area contributed by atoms with Gasteiger partial charge in [0.1, 0.15) is 0 Å². The van der Waals surface area contributed by atoms with Crippen LogP contribution in [-0.2, 0) is 10.3 Å². The molecule has 0 bridgehead atoms. The van der Waals surface area contributed by atoms with Gasteiger partial charge in [0.05, 0.1) is 5.60 Å². The molecule has 0 amide bonds. The standard InChI is InChI=1S/C17H28O/c1-4-5-6-7-8-12-15-18-17(2,3)16-13-10-9-11-14-16/h9-11,13-14H,4-8,12,15H2,1-3H3. The third kappa shape index (κ3) is 5.68. The molecule has 1 rings (SSSR count). The topological polar surface area (TPSA) is 9.23 Å². The summed E-state index contributed by atoms with van der Waals surface area (Å²) in [5.41, 5.74) is 1.10. The Morgan fingerprint density at radius 3 is 2.17 bits per heavy atom. The Morgan fingerprint density at radius 2 is 1.50 bits per heavy atom. The minimum Gasteiger partial charge on any atom is -0.371 e. The minimum atomic E-state index is -0.162. The van der Waals surface area contributed by atoms with Crippen LogP contribution in [0.1, 0.15) is 64.9 Å². The van der Waals surface area contributed by atoms with Crippen LogP contribution < -0.4 is 0 Å². The lowest BCUT2D eigenvalue weighted by Crippen LogP contribution is -2.22. The smallest absolute Gasteiger partial charge is 0.0875 e. The van der Waals surface area contributed by atoms with E-state index in [9.17, 15) is 0 Å². The highest BCUT2D eigenvalue weighted by Crippen LogP contribution is 2.24. The molecule has 0 aliphatic heterocycles. The van der Waals surface area contributed by atoms with Crippen LogP contribution in [0, 0.1) is 0 Å². The fraction of sp³-hybridized carbons (Fsp3) is 0.647. The van der Waals surface area contributed by atoms with Gasteiger partial charge in [-0.25, -0.2) is 0 Å². The minimum absolute atomic E-state index is 0.162. The molecular formula is C17H28O. The predicted molar refractivity (Wildman–Crippen MR) is 78.8 cm³/mol. The van der Waals surface area contributed by atoms with Crippen LogP contribution in [0.2, 0.25) is 0 Å². The zero-order chi connectivity index (χ0) is 13.3. The highest BCUT2D eigenvalue weighted by molar-refractivity contribution is 5.20. The van der Waals surface area contributed by atoms with E-state index in [-0.39, 0.29) is 5.60 Å². The van der Waals surface area contributed by atoms with Gasteiger partial charge < -0.3 is 4.74 Å². The summed E-state index contributed by atoms with van der Waals surface area (Å²) in [6.45, 7) is 7.43. The number of ether oxygens (including phenoxy) is 1. The fourth-order valence-corrected chi connectivity index (χ4v) is 2.13. The first-order chi connectivity index (χ1) is 8.67. The Kier molecular flexibility index (Phi) is 7.04. The van der Waals surface area contributed by atoms with Crippen LogP contribution in [0.5, 0.6) is 0 Å². The van der Waals surface area contributed by atoms with Crippen molar-refractivity contribution in [2.24, 2.45) is 0 Å². The summed E-state index contributed by atoms with van der Waals surface area (Å²) >= 11 is 0. The van der Waals surface area contributed by atoms with E-state index in [4.69, 9.17) is 4.74 Å². The van der Waals surface area contributed by atoms with Crippen molar-refractivity contribution in [3.63, 3.8) is 0 Å². The molecule has 0 aromatic heterocycles. The van der Waals surface area contributed by atoms with E-state index in [1.165, 1.54) is 44.1 Å². The van der Waals surface area contributed by atoms with Gasteiger partial charge in [-0.15, -0.1) is 0 Å². The molecule has 1 aromatic carbocycles. The molecule has 0 fully saturated rings. The van der Waals surface area contributed by atoms with Gasteiger partial charge in [0.25, 0.3) is 0 Å². The summed E-state index contributed by atoms with van der Waals surface area (Å²) in [4.78, 5) is 0. The highest BCUT2D eigenvalue weighted by Gasteiger charge is 2.20. The quantitative estimate of drug-likeness (QED) is 0.539. The monoisotopic (exact) mass is 248 g/mol. The van der Waals surface area contributed by atoms with Gasteiger partial charge in [0, 0.05) is 6.61 Å². The molecule has 18 heavy (non-hydrogen) atoms. The summed E-state index contributed by atoms with van der Waals surface area (Å²) in [7, 11) is 0. The summed E-state index contributed by atoms with van der Waals surface area (Å²) in [5.74, 6) is 0. The molecular weight excluding hydrogens is 220 g/mol. The second-order valence-electron chi connectivity index (χ2n) is 5.49. The van der Waals surface area contributed by atoms with E-state index < -0.39 is 0 Å². The van der Waals surface area contributed by atoms with Crippen LogP contribution in [0.25, 0.3) is 0 Å². The van der Waals surface area contributed by atoms with E-state index in [1.54, 1.807) is 0 Å². The van der Waals surface area contributed by atoms with Crippen LogP contribution in [0.3, 0.4) is 0 Å². The maximum absolute atomic E-state index is 6.02. The number of rotatable bonds is 9. The number of benzene rings is 1. The maximum atomic E-state index is 6.02. The largest absolute Gasteiger partial charge is 0.371 e. The second kappa shape index (κ2) is 8.31. The van der Waals surface area contributed by atoms with Crippen molar-refractivity contribution in [2.45, 2.75) is 64.9 Å². The van der Waals surface area contributed by atoms with Crippen LogP contribution in [0.15, 0.2) is 30.3 Å². The van der Waals surface area contributed by atoms with E-state index in [0.29, 0.717) is 0 Å². The molecule has 0 unspecified atom stereocenters. The third-order valence-corrected chi connectivity index (χ3v) is 3.43. The molecule has 1 aromatic rings. The predicted octanol–water partition coefficient (Wildman–Crippen LogP) is 5.30. The van der Waals surface area contributed by atoms with Crippen LogP contribution >= 0.6 is 0 Å². The SMILES string of the molecule is CCCCCCCCOC(C)(C)c1ccccc1. The molecule has 1 heteroatoms. The molecule has 0 spiro atoms. The Morgan fingerprint density at radius 1 is 0.889 bits per heavy atom. The van der Waals surface area contributed by atoms with Crippen molar-refractivity contribution in [1.82, 2.24) is 0 Å². The van der Waals surface area contributed by atoms with Gasteiger partial charge >= 0.3 is 0 Å². The Balaban J connectivity index is 2.18. The zero-order valence-electron chi connectivity index (χ0n) is 12.2. The first-order valence-electron chi connectivity index (χ1n) is 7.36. The number of unbranched alkanes of at least 4 members (excludes halogenated alkanes) is 5. The van der Waals surface area contributed by atoms with Crippen molar-refractivity contribution in [2.75, 3.05) is 6.61 Å². The molecule has 0 saturated heterocycles. The average Bonchev–Trinajstić information content (AvgIpc) is 2.39. The second-order valence-corrected chi connectivity index (χ2v) is 5.49. The van der Waals surface area contributed by atoms with Crippen molar-refractivity contribution < 1.29 is 4.74 Å². The van der Waals surface area contributed by atoms with E-state index >= 15 is 0 Å².